The molecule has 20 heavy (non-hydrogen) atoms. The maximum absolute atomic E-state index is 12.1. The number of rotatable bonds is 5. The highest BCUT2D eigenvalue weighted by Gasteiger charge is 2.28. The van der Waals surface area contributed by atoms with Gasteiger partial charge >= 0.3 is 12.0 Å². The Hall–Kier alpha value is -1.30. The van der Waals surface area contributed by atoms with Gasteiger partial charge in [-0.1, -0.05) is 0 Å². The van der Waals surface area contributed by atoms with Crippen LogP contribution in [-0.2, 0) is 9.53 Å². The van der Waals surface area contributed by atoms with Gasteiger partial charge in [-0.15, -0.1) is 0 Å². The second kappa shape index (κ2) is 7.47. The van der Waals surface area contributed by atoms with Crippen molar-refractivity contribution in [2.24, 2.45) is 0 Å². The molecule has 2 amide bonds. The Morgan fingerprint density at radius 1 is 1.25 bits per heavy atom. The lowest BCUT2D eigenvalue weighted by atomic mass is 10.00. The lowest BCUT2D eigenvalue weighted by molar-refractivity contribution is -0.138. The van der Waals surface area contributed by atoms with E-state index in [2.05, 4.69) is 5.32 Å². The monoisotopic (exact) mass is 284 g/mol. The molecule has 0 bridgehead atoms. The number of carboxylic acid groups (broad SMARTS) is 1. The van der Waals surface area contributed by atoms with Crippen molar-refractivity contribution in [1.82, 2.24) is 10.2 Å². The molecule has 6 nitrogen and oxygen atoms in total. The lowest BCUT2D eigenvalue weighted by Crippen LogP contribution is -2.49. The van der Waals surface area contributed by atoms with E-state index < -0.39 is 5.97 Å². The number of likely N-dealkylation sites (tertiary alicyclic amines) is 1. The van der Waals surface area contributed by atoms with Gasteiger partial charge in [0.25, 0.3) is 0 Å². The van der Waals surface area contributed by atoms with Crippen LogP contribution in [0.2, 0.25) is 0 Å². The lowest BCUT2D eigenvalue weighted by Gasteiger charge is -2.35. The van der Waals surface area contributed by atoms with Crippen LogP contribution in [0.25, 0.3) is 0 Å². The highest BCUT2D eigenvalue weighted by molar-refractivity contribution is 5.76. The van der Waals surface area contributed by atoms with E-state index in [0.29, 0.717) is 13.1 Å². The van der Waals surface area contributed by atoms with Crippen molar-refractivity contribution in [3.63, 3.8) is 0 Å². The van der Waals surface area contributed by atoms with Gasteiger partial charge in [0, 0.05) is 25.7 Å². The van der Waals surface area contributed by atoms with Gasteiger partial charge in [-0.3, -0.25) is 4.79 Å². The van der Waals surface area contributed by atoms with Crippen molar-refractivity contribution in [2.45, 2.75) is 57.1 Å². The summed E-state index contributed by atoms with van der Waals surface area (Å²) in [6.45, 7) is 2.08. The number of carbonyl (C=O) groups is 2. The molecule has 2 atom stereocenters. The van der Waals surface area contributed by atoms with Crippen LogP contribution >= 0.6 is 0 Å². The van der Waals surface area contributed by atoms with Crippen LogP contribution < -0.4 is 5.32 Å². The average Bonchev–Trinajstić information content (AvgIpc) is 2.91. The number of piperidine rings is 1. The Bertz CT molecular complexity index is 342. The van der Waals surface area contributed by atoms with E-state index >= 15 is 0 Å². The van der Waals surface area contributed by atoms with Crippen LogP contribution in [0.3, 0.4) is 0 Å². The number of aliphatic carboxylic acids is 1. The quantitative estimate of drug-likeness (QED) is 0.803. The van der Waals surface area contributed by atoms with Crippen LogP contribution in [-0.4, -0.2) is 53.8 Å². The number of nitrogens with zero attached hydrogens (tertiary/aromatic N) is 1. The summed E-state index contributed by atoms with van der Waals surface area (Å²) in [4.78, 5) is 24.7. The predicted octanol–water partition coefficient (Wildman–Crippen LogP) is 1.59. The first kappa shape index (κ1) is 15.1. The fourth-order valence-corrected chi connectivity index (χ4v) is 3.00. The Kier molecular flexibility index (Phi) is 5.64. The molecule has 114 valence electrons. The molecule has 6 heteroatoms. The molecular formula is C14H24N2O4. The summed E-state index contributed by atoms with van der Waals surface area (Å²) >= 11 is 0. The van der Waals surface area contributed by atoms with E-state index in [1.807, 2.05) is 0 Å². The van der Waals surface area contributed by atoms with Crippen molar-refractivity contribution in [1.29, 1.82) is 0 Å². The molecule has 2 unspecified atom stereocenters. The fourth-order valence-electron chi connectivity index (χ4n) is 3.00. The van der Waals surface area contributed by atoms with Gasteiger partial charge < -0.3 is 20.1 Å². The number of hydrogen-bond acceptors (Lipinski definition) is 3. The zero-order chi connectivity index (χ0) is 14.4. The Morgan fingerprint density at radius 3 is 2.80 bits per heavy atom. The van der Waals surface area contributed by atoms with E-state index in [4.69, 9.17) is 9.84 Å². The van der Waals surface area contributed by atoms with Gasteiger partial charge in [0.15, 0.2) is 0 Å². The van der Waals surface area contributed by atoms with Crippen molar-refractivity contribution in [3.05, 3.63) is 0 Å². The summed E-state index contributed by atoms with van der Waals surface area (Å²) in [6, 6.07) is -0.294. The summed E-state index contributed by atoms with van der Waals surface area (Å²) in [5.74, 6) is -0.839. The SMILES string of the molecule is O=C(O)CC1CCCCN1C(=O)NCCC1CCCO1. The minimum atomic E-state index is -0.839. The highest BCUT2D eigenvalue weighted by atomic mass is 16.5. The predicted molar refractivity (Wildman–Crippen MR) is 73.6 cm³/mol. The van der Waals surface area contributed by atoms with Gasteiger partial charge in [-0.05, 0) is 38.5 Å². The second-order valence-corrected chi connectivity index (χ2v) is 5.60. The van der Waals surface area contributed by atoms with Crippen LogP contribution in [0.15, 0.2) is 0 Å². The van der Waals surface area contributed by atoms with Crippen LogP contribution in [0.5, 0.6) is 0 Å². The van der Waals surface area contributed by atoms with Crippen molar-refractivity contribution < 1.29 is 19.4 Å². The maximum Gasteiger partial charge on any atom is 0.317 e. The molecule has 2 rings (SSSR count). The minimum absolute atomic E-state index is 0.0408. The van der Waals surface area contributed by atoms with E-state index in [0.717, 1.165) is 45.1 Å². The number of hydrogen-bond donors (Lipinski definition) is 2. The van der Waals surface area contributed by atoms with E-state index in [1.54, 1.807) is 4.90 Å². The fraction of sp³-hybridized carbons (Fsp3) is 0.857. The van der Waals surface area contributed by atoms with Crippen LogP contribution in [0.1, 0.15) is 44.9 Å². The molecule has 0 spiro atoms. The normalized spacial score (nSPS) is 26.5. The smallest absolute Gasteiger partial charge is 0.317 e. The van der Waals surface area contributed by atoms with Crippen molar-refractivity contribution in [2.75, 3.05) is 19.7 Å². The topological polar surface area (TPSA) is 78.9 Å². The zero-order valence-corrected chi connectivity index (χ0v) is 11.8. The number of urea groups is 1. The Balaban J connectivity index is 1.74. The number of amides is 2. The summed E-state index contributed by atoms with van der Waals surface area (Å²) < 4.78 is 5.51. The maximum atomic E-state index is 12.1. The summed E-state index contributed by atoms with van der Waals surface area (Å²) in [5, 5.41) is 11.8. The molecule has 2 heterocycles. The third-order valence-electron chi connectivity index (χ3n) is 4.06. The second-order valence-electron chi connectivity index (χ2n) is 5.60. The molecule has 0 radical (unpaired) electrons. The van der Waals surface area contributed by atoms with Gasteiger partial charge in [-0.2, -0.15) is 0 Å². The molecule has 2 fully saturated rings. The molecule has 2 N–H and O–H groups in total. The third-order valence-corrected chi connectivity index (χ3v) is 4.06. The van der Waals surface area contributed by atoms with E-state index in [1.165, 1.54) is 0 Å². The Morgan fingerprint density at radius 2 is 2.10 bits per heavy atom. The number of carboxylic acids is 1. The highest BCUT2D eigenvalue weighted by Crippen LogP contribution is 2.20. The molecule has 0 aromatic rings. The number of nitrogens with one attached hydrogen (secondary N) is 1. The molecule has 0 saturated carbocycles. The summed E-state index contributed by atoms with van der Waals surface area (Å²) in [5.41, 5.74) is 0. The summed E-state index contributed by atoms with van der Waals surface area (Å²) in [7, 11) is 0. The van der Waals surface area contributed by atoms with Gasteiger partial charge in [0.05, 0.1) is 12.5 Å². The van der Waals surface area contributed by atoms with Crippen molar-refractivity contribution >= 4 is 12.0 Å². The zero-order valence-electron chi connectivity index (χ0n) is 11.8. The molecule has 2 saturated heterocycles. The first-order valence-corrected chi connectivity index (χ1v) is 7.54. The van der Waals surface area contributed by atoms with Gasteiger partial charge in [0.1, 0.15) is 0 Å². The summed E-state index contributed by atoms with van der Waals surface area (Å²) in [6.07, 6.45) is 6.05. The number of carbonyl (C=O) groups excluding carboxylic acids is 1. The largest absolute Gasteiger partial charge is 0.481 e. The van der Waals surface area contributed by atoms with E-state index in [-0.39, 0.29) is 24.6 Å². The standard InChI is InChI=1S/C14H24N2O4/c17-13(18)10-11-4-1-2-8-16(11)14(19)15-7-6-12-5-3-9-20-12/h11-12H,1-10H2,(H,15,19)(H,17,18). The van der Waals surface area contributed by atoms with Crippen LogP contribution in [0, 0.1) is 0 Å². The molecule has 0 aromatic carbocycles. The first-order chi connectivity index (χ1) is 9.66. The third kappa shape index (κ3) is 4.37. The molecule has 2 aliphatic rings. The van der Waals surface area contributed by atoms with Crippen LogP contribution in [0.4, 0.5) is 4.79 Å². The molecular weight excluding hydrogens is 260 g/mol. The van der Waals surface area contributed by atoms with Gasteiger partial charge in [0.2, 0.25) is 0 Å². The average molecular weight is 284 g/mol. The minimum Gasteiger partial charge on any atom is -0.481 e. The number of ether oxygens (including phenoxy) is 1. The first-order valence-electron chi connectivity index (χ1n) is 7.54. The molecule has 2 aliphatic heterocycles. The van der Waals surface area contributed by atoms with Crippen molar-refractivity contribution in [3.8, 4) is 0 Å². The van der Waals surface area contributed by atoms with Gasteiger partial charge in [-0.25, -0.2) is 4.79 Å². The Labute approximate surface area is 119 Å². The molecule has 0 aromatic heterocycles. The van der Waals surface area contributed by atoms with E-state index in [9.17, 15) is 9.59 Å². The molecule has 0 aliphatic carbocycles.